The van der Waals surface area contributed by atoms with Gasteiger partial charge in [0, 0.05) is 0 Å². The summed E-state index contributed by atoms with van der Waals surface area (Å²) < 4.78 is 16.0. The second-order valence-corrected chi connectivity index (χ2v) is 5.73. The number of nitrogens with zero attached hydrogens (tertiary/aromatic N) is 1. The zero-order valence-electron chi connectivity index (χ0n) is 13.8. The van der Waals surface area contributed by atoms with E-state index < -0.39 is 6.10 Å². The maximum atomic E-state index is 10.4. The zero-order chi connectivity index (χ0) is 16.9. The van der Waals surface area contributed by atoms with E-state index in [-0.39, 0.29) is 12.8 Å². The lowest BCUT2D eigenvalue weighted by Crippen LogP contribution is -2.18. The Kier molecular flexibility index (Phi) is 5.01. The molecule has 5 nitrogen and oxygen atoms in total. The fourth-order valence-corrected chi connectivity index (χ4v) is 2.68. The van der Waals surface area contributed by atoms with E-state index in [1.165, 1.54) is 7.11 Å². The molecule has 0 fully saturated rings. The number of aliphatic hydroxyl groups excluding tert-OH is 1. The zero-order valence-corrected chi connectivity index (χ0v) is 13.8. The Hall–Kier alpha value is -2.53. The van der Waals surface area contributed by atoms with Crippen LogP contribution in [-0.4, -0.2) is 30.9 Å². The van der Waals surface area contributed by atoms with Crippen molar-refractivity contribution in [3.63, 3.8) is 0 Å². The lowest BCUT2D eigenvalue weighted by molar-refractivity contribution is 0.174. The molecule has 3 rings (SSSR count). The van der Waals surface area contributed by atoms with Crippen LogP contribution < -0.4 is 9.47 Å². The molecule has 2 aromatic rings. The van der Waals surface area contributed by atoms with E-state index in [4.69, 9.17) is 14.2 Å². The number of benzene rings is 2. The average Bonchev–Trinajstić information content (AvgIpc) is 3.07. The van der Waals surface area contributed by atoms with Crippen LogP contribution in [0.5, 0.6) is 11.5 Å². The third kappa shape index (κ3) is 3.68. The van der Waals surface area contributed by atoms with Crippen LogP contribution in [-0.2, 0) is 11.2 Å². The quantitative estimate of drug-likeness (QED) is 0.677. The van der Waals surface area contributed by atoms with E-state index in [0.717, 1.165) is 22.6 Å². The topological polar surface area (TPSA) is 60.3 Å². The Morgan fingerprint density at radius 1 is 1.17 bits per heavy atom. The van der Waals surface area contributed by atoms with E-state index in [1.807, 2.05) is 55.5 Å². The number of ether oxygens (including phenoxy) is 3. The van der Waals surface area contributed by atoms with Gasteiger partial charge in [-0.05, 0) is 36.6 Å². The first kappa shape index (κ1) is 16.3. The number of methoxy groups -OCH3 is 1. The summed E-state index contributed by atoms with van der Waals surface area (Å²) in [4.78, 5) is 4.53. The van der Waals surface area contributed by atoms with Gasteiger partial charge in [0.25, 0.3) is 0 Å². The van der Waals surface area contributed by atoms with Crippen LogP contribution in [0.1, 0.15) is 24.2 Å². The minimum absolute atomic E-state index is 0.0429. The third-order valence-corrected chi connectivity index (χ3v) is 3.87. The van der Waals surface area contributed by atoms with Gasteiger partial charge in [0.05, 0.1) is 13.2 Å². The molecule has 1 heterocycles. The molecule has 0 saturated carbocycles. The van der Waals surface area contributed by atoms with Crippen LogP contribution in [0.4, 0.5) is 0 Å². The fourth-order valence-electron chi connectivity index (χ4n) is 2.68. The van der Waals surface area contributed by atoms with E-state index in [9.17, 15) is 5.11 Å². The number of hydrogen-bond acceptors (Lipinski definition) is 5. The van der Waals surface area contributed by atoms with Crippen LogP contribution in [0, 0.1) is 0 Å². The minimum atomic E-state index is -0.865. The van der Waals surface area contributed by atoms with Gasteiger partial charge in [0.2, 0.25) is 12.7 Å². The number of rotatable bonds is 5. The average molecular weight is 327 g/mol. The Balaban J connectivity index is 1.71. The lowest BCUT2D eigenvalue weighted by atomic mass is 10.1. The molecule has 1 aliphatic heterocycles. The summed E-state index contributed by atoms with van der Waals surface area (Å²) in [6.07, 6.45) is -0.152. The van der Waals surface area contributed by atoms with Crippen molar-refractivity contribution in [3.8, 4) is 11.5 Å². The van der Waals surface area contributed by atoms with Crippen LogP contribution in [0.2, 0.25) is 0 Å². The first-order valence-corrected chi connectivity index (χ1v) is 7.90. The molecule has 1 aliphatic rings. The van der Waals surface area contributed by atoms with Crippen molar-refractivity contribution >= 4 is 5.90 Å². The highest BCUT2D eigenvalue weighted by Crippen LogP contribution is 2.33. The summed E-state index contributed by atoms with van der Waals surface area (Å²) >= 11 is 0. The standard InChI is InChI=1S/C19H21NO4/c1-13(10-14-8-9-16-17(11-14)24-12-23-16)20-19(22-2)18(21)15-6-4-3-5-7-15/h3-9,11,13,18,21H,10,12H2,1-2H3. The van der Waals surface area contributed by atoms with Gasteiger partial charge in [-0.2, -0.15) is 0 Å². The second kappa shape index (κ2) is 7.36. The molecule has 0 spiro atoms. The molecule has 0 aromatic heterocycles. The molecule has 0 bridgehead atoms. The van der Waals surface area contributed by atoms with Gasteiger partial charge in [-0.15, -0.1) is 0 Å². The van der Waals surface area contributed by atoms with Crippen LogP contribution >= 0.6 is 0 Å². The van der Waals surface area contributed by atoms with Crippen LogP contribution in [0.25, 0.3) is 0 Å². The Morgan fingerprint density at radius 3 is 2.67 bits per heavy atom. The van der Waals surface area contributed by atoms with Gasteiger partial charge in [-0.3, -0.25) is 0 Å². The van der Waals surface area contributed by atoms with E-state index in [0.29, 0.717) is 12.3 Å². The predicted octanol–water partition coefficient (Wildman–Crippen LogP) is 3.12. The van der Waals surface area contributed by atoms with Gasteiger partial charge in [-0.1, -0.05) is 36.4 Å². The van der Waals surface area contributed by atoms with Gasteiger partial charge < -0.3 is 19.3 Å². The van der Waals surface area contributed by atoms with Crippen molar-refractivity contribution in [2.75, 3.05) is 13.9 Å². The fraction of sp³-hybridized carbons (Fsp3) is 0.316. The Bertz CT molecular complexity index is 715. The van der Waals surface area contributed by atoms with Crippen molar-refractivity contribution in [3.05, 3.63) is 59.7 Å². The smallest absolute Gasteiger partial charge is 0.231 e. The molecule has 126 valence electrons. The highest BCUT2D eigenvalue weighted by atomic mass is 16.7. The number of hydrogen-bond donors (Lipinski definition) is 1. The molecule has 24 heavy (non-hydrogen) atoms. The molecule has 0 saturated heterocycles. The molecule has 2 aromatic carbocycles. The molecule has 1 N–H and O–H groups in total. The molecule has 0 aliphatic carbocycles. The summed E-state index contributed by atoms with van der Waals surface area (Å²) in [6.45, 7) is 2.25. The highest BCUT2D eigenvalue weighted by Gasteiger charge is 2.18. The normalized spacial score (nSPS) is 15.9. The Morgan fingerprint density at radius 2 is 1.92 bits per heavy atom. The lowest BCUT2D eigenvalue weighted by Gasteiger charge is -2.15. The van der Waals surface area contributed by atoms with Gasteiger partial charge in [0.15, 0.2) is 17.6 Å². The van der Waals surface area contributed by atoms with Crippen molar-refractivity contribution in [2.24, 2.45) is 4.99 Å². The first-order valence-electron chi connectivity index (χ1n) is 7.90. The monoisotopic (exact) mass is 327 g/mol. The van der Waals surface area contributed by atoms with Crippen LogP contribution in [0.3, 0.4) is 0 Å². The maximum absolute atomic E-state index is 10.4. The first-order chi connectivity index (χ1) is 11.7. The van der Waals surface area contributed by atoms with Crippen LogP contribution in [0.15, 0.2) is 53.5 Å². The second-order valence-electron chi connectivity index (χ2n) is 5.73. The molecule has 0 radical (unpaired) electrons. The van der Waals surface area contributed by atoms with Crippen molar-refractivity contribution in [1.82, 2.24) is 0 Å². The SMILES string of the molecule is COC(=NC(C)Cc1ccc2c(c1)OCO2)C(O)c1ccccc1. The summed E-state index contributed by atoms with van der Waals surface area (Å²) in [5.41, 5.74) is 1.86. The van der Waals surface area contributed by atoms with Crippen molar-refractivity contribution in [1.29, 1.82) is 0 Å². The molecule has 2 atom stereocenters. The number of aliphatic hydroxyl groups is 1. The number of aliphatic imine (C=N–C) groups is 1. The molecule has 2 unspecified atom stereocenters. The highest BCUT2D eigenvalue weighted by molar-refractivity contribution is 5.82. The van der Waals surface area contributed by atoms with Crippen molar-refractivity contribution in [2.45, 2.75) is 25.5 Å². The van der Waals surface area contributed by atoms with E-state index in [2.05, 4.69) is 4.99 Å². The molecule has 5 heteroatoms. The van der Waals surface area contributed by atoms with E-state index in [1.54, 1.807) is 0 Å². The van der Waals surface area contributed by atoms with Gasteiger partial charge in [-0.25, -0.2) is 4.99 Å². The number of fused-ring (bicyclic) bond motifs is 1. The predicted molar refractivity (Wildman–Crippen MR) is 91.6 cm³/mol. The maximum Gasteiger partial charge on any atom is 0.231 e. The van der Waals surface area contributed by atoms with Gasteiger partial charge in [0.1, 0.15) is 0 Å². The van der Waals surface area contributed by atoms with E-state index >= 15 is 0 Å². The molecule has 0 amide bonds. The van der Waals surface area contributed by atoms with Crippen molar-refractivity contribution < 1.29 is 19.3 Å². The Labute approximate surface area is 141 Å². The molecular formula is C19H21NO4. The van der Waals surface area contributed by atoms with Gasteiger partial charge >= 0.3 is 0 Å². The summed E-state index contributed by atoms with van der Waals surface area (Å²) in [7, 11) is 1.53. The minimum Gasteiger partial charge on any atom is -0.482 e. The summed E-state index contributed by atoms with van der Waals surface area (Å²) in [5, 5.41) is 10.4. The summed E-state index contributed by atoms with van der Waals surface area (Å²) in [6, 6.07) is 15.2. The molecular weight excluding hydrogens is 306 g/mol. The summed E-state index contributed by atoms with van der Waals surface area (Å²) in [5.74, 6) is 1.85. The largest absolute Gasteiger partial charge is 0.482 e. The third-order valence-electron chi connectivity index (χ3n) is 3.87.